The van der Waals surface area contributed by atoms with Crippen LogP contribution in [-0.4, -0.2) is 29.6 Å². The van der Waals surface area contributed by atoms with Crippen LogP contribution in [0.5, 0.6) is 0 Å². The monoisotopic (exact) mass is 197 g/mol. The Morgan fingerprint density at radius 2 is 2.50 bits per heavy atom. The second-order valence-electron chi connectivity index (χ2n) is 3.06. The number of nitrogens with two attached hydrogens (primary N) is 1. The SMILES string of the molecule is COC(=O)N1CCc2oc(N)nc2C1. The lowest BCUT2D eigenvalue weighted by atomic mass is 10.2. The number of hydrogen-bond acceptors (Lipinski definition) is 5. The highest BCUT2D eigenvalue weighted by Crippen LogP contribution is 2.20. The Kier molecular flexibility index (Phi) is 2.03. The zero-order valence-corrected chi connectivity index (χ0v) is 7.82. The summed E-state index contributed by atoms with van der Waals surface area (Å²) in [5.41, 5.74) is 6.12. The first-order chi connectivity index (χ1) is 6.70. The minimum Gasteiger partial charge on any atom is -0.453 e. The second kappa shape index (κ2) is 3.21. The van der Waals surface area contributed by atoms with Crippen molar-refractivity contribution < 1.29 is 13.9 Å². The summed E-state index contributed by atoms with van der Waals surface area (Å²) in [6.07, 6.45) is 0.284. The first kappa shape index (κ1) is 8.86. The Morgan fingerprint density at radius 3 is 3.21 bits per heavy atom. The fourth-order valence-corrected chi connectivity index (χ4v) is 1.50. The Balaban J connectivity index is 2.16. The lowest BCUT2D eigenvalue weighted by Gasteiger charge is -2.23. The van der Waals surface area contributed by atoms with E-state index in [0.717, 1.165) is 11.5 Å². The summed E-state index contributed by atoms with van der Waals surface area (Å²) in [6.45, 7) is 0.983. The lowest BCUT2D eigenvalue weighted by molar-refractivity contribution is 0.117. The molecule has 6 heteroatoms. The van der Waals surface area contributed by atoms with Crippen LogP contribution in [0.15, 0.2) is 4.42 Å². The molecule has 2 rings (SSSR count). The first-order valence-corrected chi connectivity index (χ1v) is 4.27. The number of rotatable bonds is 0. The van der Waals surface area contributed by atoms with Crippen LogP contribution in [0.4, 0.5) is 10.8 Å². The van der Waals surface area contributed by atoms with Crippen molar-refractivity contribution in [1.29, 1.82) is 0 Å². The fraction of sp³-hybridized carbons (Fsp3) is 0.500. The largest absolute Gasteiger partial charge is 0.453 e. The van der Waals surface area contributed by atoms with Gasteiger partial charge in [-0.15, -0.1) is 0 Å². The van der Waals surface area contributed by atoms with Crippen molar-refractivity contribution in [3.8, 4) is 0 Å². The van der Waals surface area contributed by atoms with E-state index in [9.17, 15) is 4.79 Å². The Hall–Kier alpha value is -1.72. The van der Waals surface area contributed by atoms with Crippen molar-refractivity contribution in [2.24, 2.45) is 0 Å². The molecule has 6 nitrogen and oxygen atoms in total. The number of ether oxygens (including phenoxy) is 1. The minimum atomic E-state index is -0.350. The van der Waals surface area contributed by atoms with Gasteiger partial charge in [0, 0.05) is 13.0 Å². The normalized spacial score (nSPS) is 15.1. The van der Waals surface area contributed by atoms with Gasteiger partial charge in [-0.1, -0.05) is 0 Å². The Labute approximate surface area is 80.6 Å². The quantitative estimate of drug-likeness (QED) is 0.650. The maximum atomic E-state index is 11.2. The van der Waals surface area contributed by atoms with Crippen LogP contribution in [0, 0.1) is 0 Å². The van der Waals surface area contributed by atoms with E-state index in [2.05, 4.69) is 9.72 Å². The molecule has 0 atom stereocenters. The molecule has 2 N–H and O–H groups in total. The summed E-state index contributed by atoms with van der Waals surface area (Å²) in [5.74, 6) is 0.766. The van der Waals surface area contributed by atoms with E-state index in [4.69, 9.17) is 10.2 Å². The van der Waals surface area contributed by atoms with Crippen LogP contribution in [0.1, 0.15) is 11.5 Å². The number of aromatic nitrogens is 1. The van der Waals surface area contributed by atoms with E-state index in [1.165, 1.54) is 7.11 Å². The Morgan fingerprint density at radius 1 is 1.71 bits per heavy atom. The average molecular weight is 197 g/mol. The second-order valence-corrected chi connectivity index (χ2v) is 3.06. The van der Waals surface area contributed by atoms with Gasteiger partial charge in [0.05, 0.1) is 13.7 Å². The molecule has 1 aromatic heterocycles. The van der Waals surface area contributed by atoms with Crippen molar-refractivity contribution in [2.45, 2.75) is 13.0 Å². The van der Waals surface area contributed by atoms with E-state index in [1.807, 2.05) is 0 Å². The molecule has 1 aromatic rings. The lowest BCUT2D eigenvalue weighted by Crippen LogP contribution is -2.35. The van der Waals surface area contributed by atoms with Crippen LogP contribution < -0.4 is 5.73 Å². The molecule has 0 saturated heterocycles. The Bertz CT molecular complexity index is 361. The third kappa shape index (κ3) is 1.39. The molecule has 0 unspecified atom stereocenters. The molecule has 0 bridgehead atoms. The van der Waals surface area contributed by atoms with Gasteiger partial charge >= 0.3 is 6.09 Å². The molecule has 1 aliphatic rings. The summed E-state index contributed by atoms with van der Waals surface area (Å²) in [5, 5.41) is 0. The highest BCUT2D eigenvalue weighted by Gasteiger charge is 2.25. The molecule has 0 aromatic carbocycles. The van der Waals surface area contributed by atoms with E-state index >= 15 is 0 Å². The third-order valence-electron chi connectivity index (χ3n) is 2.18. The van der Waals surface area contributed by atoms with Crippen LogP contribution in [-0.2, 0) is 17.7 Å². The van der Waals surface area contributed by atoms with Crippen molar-refractivity contribution in [2.75, 3.05) is 19.4 Å². The smallest absolute Gasteiger partial charge is 0.409 e. The number of fused-ring (bicyclic) bond motifs is 1. The summed E-state index contributed by atoms with van der Waals surface area (Å²) in [7, 11) is 1.36. The summed E-state index contributed by atoms with van der Waals surface area (Å²) in [4.78, 5) is 16.7. The number of hydrogen-bond donors (Lipinski definition) is 1. The summed E-state index contributed by atoms with van der Waals surface area (Å²) >= 11 is 0. The number of oxazole rings is 1. The maximum absolute atomic E-state index is 11.2. The van der Waals surface area contributed by atoms with Crippen molar-refractivity contribution >= 4 is 12.1 Å². The molecule has 0 saturated carbocycles. The van der Waals surface area contributed by atoms with Crippen molar-refractivity contribution in [3.63, 3.8) is 0 Å². The van der Waals surface area contributed by atoms with Gasteiger partial charge in [-0.05, 0) is 0 Å². The number of nitrogen functional groups attached to an aromatic ring is 1. The third-order valence-corrected chi connectivity index (χ3v) is 2.18. The van der Waals surface area contributed by atoms with Gasteiger partial charge in [0.15, 0.2) is 0 Å². The highest BCUT2D eigenvalue weighted by molar-refractivity contribution is 5.67. The van der Waals surface area contributed by atoms with Crippen molar-refractivity contribution in [3.05, 3.63) is 11.5 Å². The van der Waals surface area contributed by atoms with Gasteiger partial charge < -0.3 is 19.8 Å². The number of nitrogens with zero attached hydrogens (tertiary/aromatic N) is 2. The van der Waals surface area contributed by atoms with E-state index in [0.29, 0.717) is 19.5 Å². The maximum Gasteiger partial charge on any atom is 0.409 e. The molecule has 2 heterocycles. The van der Waals surface area contributed by atoms with Gasteiger partial charge in [-0.2, -0.15) is 4.98 Å². The van der Waals surface area contributed by atoms with Crippen molar-refractivity contribution in [1.82, 2.24) is 9.88 Å². The van der Waals surface area contributed by atoms with Crippen LogP contribution >= 0.6 is 0 Å². The van der Waals surface area contributed by atoms with Crippen LogP contribution in [0.2, 0.25) is 0 Å². The zero-order valence-electron chi connectivity index (χ0n) is 7.82. The molecular weight excluding hydrogens is 186 g/mol. The summed E-state index contributed by atoms with van der Waals surface area (Å²) < 4.78 is 9.76. The van der Waals surface area contributed by atoms with Gasteiger partial charge in [0.1, 0.15) is 11.5 Å². The van der Waals surface area contributed by atoms with Gasteiger partial charge in [0.25, 0.3) is 6.01 Å². The summed E-state index contributed by atoms with van der Waals surface area (Å²) in [6, 6.07) is 0.154. The minimum absolute atomic E-state index is 0.154. The highest BCUT2D eigenvalue weighted by atomic mass is 16.5. The van der Waals surface area contributed by atoms with Gasteiger partial charge in [-0.3, -0.25) is 0 Å². The molecule has 0 fully saturated rings. The average Bonchev–Trinajstić information content (AvgIpc) is 2.55. The zero-order chi connectivity index (χ0) is 10.1. The predicted octanol–water partition coefficient (Wildman–Crippen LogP) is 0.381. The predicted molar refractivity (Wildman–Crippen MR) is 47.4 cm³/mol. The topological polar surface area (TPSA) is 81.6 Å². The number of methoxy groups -OCH3 is 1. The fourth-order valence-electron chi connectivity index (χ4n) is 1.50. The standard InChI is InChI=1S/C8H11N3O3/c1-13-8(12)11-3-2-6-5(4-11)10-7(9)14-6/h2-4H2,1H3,(H2,9,10). The molecule has 0 spiro atoms. The molecular formula is C8H11N3O3. The van der Waals surface area contributed by atoms with Crippen LogP contribution in [0.25, 0.3) is 0 Å². The van der Waals surface area contributed by atoms with Gasteiger partial charge in [0.2, 0.25) is 0 Å². The van der Waals surface area contributed by atoms with Gasteiger partial charge in [-0.25, -0.2) is 4.79 Å². The van der Waals surface area contributed by atoms with Crippen LogP contribution in [0.3, 0.4) is 0 Å². The molecule has 14 heavy (non-hydrogen) atoms. The number of carbonyl (C=O) groups is 1. The van der Waals surface area contributed by atoms with E-state index in [1.54, 1.807) is 4.90 Å². The molecule has 1 amide bonds. The molecule has 0 aliphatic carbocycles. The van der Waals surface area contributed by atoms with E-state index in [-0.39, 0.29) is 12.1 Å². The first-order valence-electron chi connectivity index (χ1n) is 4.27. The molecule has 76 valence electrons. The van der Waals surface area contributed by atoms with E-state index < -0.39 is 0 Å². The molecule has 0 radical (unpaired) electrons. The molecule has 1 aliphatic heterocycles. The number of anilines is 1. The number of amides is 1. The number of carbonyl (C=O) groups excluding carboxylic acids is 1.